The molecule has 0 spiro atoms. The maximum atomic E-state index is 8.35. The van der Waals surface area contributed by atoms with Gasteiger partial charge >= 0.3 is 0 Å². The molecule has 0 unspecified atom stereocenters. The standard InChI is InChI=1S/C5H3BN2S/c6-4-1-3(2-7)5(8)9-4/h1H,8H2. The minimum Gasteiger partial charge on any atom is -0.390 e. The summed E-state index contributed by atoms with van der Waals surface area (Å²) < 4.78 is 0.587. The van der Waals surface area contributed by atoms with Gasteiger partial charge < -0.3 is 5.73 Å². The van der Waals surface area contributed by atoms with Crippen LogP contribution >= 0.6 is 11.3 Å². The number of nitrogens with zero attached hydrogens (tertiary/aromatic N) is 1. The first-order valence-corrected chi connectivity index (χ1v) is 3.10. The first kappa shape index (κ1) is 6.18. The van der Waals surface area contributed by atoms with Crippen LogP contribution in [0.4, 0.5) is 5.00 Å². The number of anilines is 1. The minimum absolute atomic E-state index is 0.470. The van der Waals surface area contributed by atoms with Crippen LogP contribution in [-0.2, 0) is 0 Å². The van der Waals surface area contributed by atoms with Gasteiger partial charge in [-0.3, -0.25) is 0 Å². The van der Waals surface area contributed by atoms with Gasteiger partial charge in [0.2, 0.25) is 0 Å². The second kappa shape index (κ2) is 2.12. The van der Waals surface area contributed by atoms with Gasteiger partial charge in [0.05, 0.1) is 5.56 Å². The highest BCUT2D eigenvalue weighted by atomic mass is 32.1. The Morgan fingerprint density at radius 3 is 2.67 bits per heavy atom. The Morgan fingerprint density at radius 2 is 2.44 bits per heavy atom. The van der Waals surface area contributed by atoms with E-state index in [1.807, 2.05) is 6.07 Å². The van der Waals surface area contributed by atoms with Crippen molar-refractivity contribution in [3.63, 3.8) is 0 Å². The Kier molecular flexibility index (Phi) is 1.45. The fourth-order valence-electron chi connectivity index (χ4n) is 0.512. The maximum absolute atomic E-state index is 8.35. The first-order chi connectivity index (χ1) is 4.24. The van der Waals surface area contributed by atoms with E-state index in [0.717, 1.165) is 0 Å². The van der Waals surface area contributed by atoms with Crippen molar-refractivity contribution in [3.8, 4) is 6.07 Å². The molecule has 0 fully saturated rings. The van der Waals surface area contributed by atoms with Gasteiger partial charge in [-0.15, -0.1) is 11.3 Å². The average molecular weight is 134 g/mol. The second-order valence-corrected chi connectivity index (χ2v) is 2.65. The van der Waals surface area contributed by atoms with Gasteiger partial charge in [0, 0.05) is 0 Å². The normalized spacial score (nSPS) is 8.78. The molecule has 0 amide bonds. The zero-order valence-corrected chi connectivity index (χ0v) is 5.40. The summed E-state index contributed by atoms with van der Waals surface area (Å²) in [5.41, 5.74) is 5.84. The molecule has 2 nitrogen and oxygen atoms in total. The Morgan fingerprint density at radius 1 is 1.78 bits per heavy atom. The summed E-state index contributed by atoms with van der Waals surface area (Å²) in [5, 5.41) is 8.85. The van der Waals surface area contributed by atoms with Crippen molar-refractivity contribution in [2.24, 2.45) is 0 Å². The van der Waals surface area contributed by atoms with Crippen molar-refractivity contribution >= 4 is 29.0 Å². The van der Waals surface area contributed by atoms with Gasteiger partial charge in [-0.1, -0.05) is 0 Å². The van der Waals surface area contributed by atoms with Crippen LogP contribution in [0.5, 0.6) is 0 Å². The van der Waals surface area contributed by atoms with Crippen LogP contribution in [0.25, 0.3) is 0 Å². The largest absolute Gasteiger partial charge is 0.390 e. The number of nitrogens with two attached hydrogens (primary N) is 1. The average Bonchev–Trinajstić information content (AvgIpc) is 2.10. The molecule has 0 saturated heterocycles. The van der Waals surface area contributed by atoms with Crippen molar-refractivity contribution in [1.82, 2.24) is 0 Å². The van der Waals surface area contributed by atoms with Crippen molar-refractivity contribution in [1.29, 1.82) is 5.26 Å². The molecular formula is C5H3BN2S. The van der Waals surface area contributed by atoms with Crippen LogP contribution in [0.3, 0.4) is 0 Å². The van der Waals surface area contributed by atoms with E-state index in [1.165, 1.54) is 11.3 Å². The summed E-state index contributed by atoms with van der Waals surface area (Å²) in [7, 11) is 5.34. The Hall–Kier alpha value is -0.945. The van der Waals surface area contributed by atoms with E-state index in [9.17, 15) is 0 Å². The first-order valence-electron chi connectivity index (χ1n) is 2.29. The molecule has 1 heterocycles. The van der Waals surface area contributed by atoms with Crippen molar-refractivity contribution < 1.29 is 0 Å². The molecule has 0 atom stereocenters. The SMILES string of the molecule is [B]c1cc(C#N)c(N)s1. The molecule has 9 heavy (non-hydrogen) atoms. The molecule has 1 aromatic heterocycles. The van der Waals surface area contributed by atoms with Gasteiger partial charge in [-0.05, 0) is 10.8 Å². The highest BCUT2D eigenvalue weighted by Crippen LogP contribution is 2.14. The molecule has 0 aliphatic carbocycles. The van der Waals surface area contributed by atoms with Crippen molar-refractivity contribution in [2.75, 3.05) is 5.73 Å². The third-order valence-corrected chi connectivity index (χ3v) is 1.69. The fourth-order valence-corrected chi connectivity index (χ4v) is 1.16. The summed E-state index contributed by atoms with van der Waals surface area (Å²) in [6.45, 7) is 0. The highest BCUT2D eigenvalue weighted by molar-refractivity contribution is 7.23. The third kappa shape index (κ3) is 1.06. The number of rotatable bonds is 0. The third-order valence-electron chi connectivity index (χ3n) is 0.900. The summed E-state index contributed by atoms with van der Waals surface area (Å²) in [6, 6.07) is 3.49. The van der Waals surface area contributed by atoms with Crippen LogP contribution in [0, 0.1) is 11.3 Å². The predicted octanol–water partition coefficient (Wildman–Crippen LogP) is -0.00422. The molecule has 0 bridgehead atoms. The molecular weight excluding hydrogens is 131 g/mol. The molecule has 1 aromatic rings. The zero-order chi connectivity index (χ0) is 6.85. The van der Waals surface area contributed by atoms with E-state index in [1.54, 1.807) is 6.07 Å². The quantitative estimate of drug-likeness (QED) is 0.507. The number of hydrogen-bond acceptors (Lipinski definition) is 3. The molecule has 0 saturated carbocycles. The summed E-state index contributed by atoms with van der Waals surface area (Å²) >= 11 is 1.23. The van der Waals surface area contributed by atoms with Crippen LogP contribution in [0.2, 0.25) is 0 Å². The molecule has 42 valence electrons. The number of nitrogen functional groups attached to an aromatic ring is 1. The van der Waals surface area contributed by atoms with E-state index in [4.69, 9.17) is 18.8 Å². The van der Waals surface area contributed by atoms with E-state index in [-0.39, 0.29) is 0 Å². The van der Waals surface area contributed by atoms with E-state index < -0.39 is 0 Å². The van der Waals surface area contributed by atoms with Crippen LogP contribution in [-0.4, -0.2) is 7.85 Å². The van der Waals surface area contributed by atoms with E-state index >= 15 is 0 Å². The highest BCUT2D eigenvalue weighted by Gasteiger charge is 1.99. The molecule has 1 rings (SSSR count). The second-order valence-electron chi connectivity index (χ2n) is 1.54. The Labute approximate surface area is 58.3 Å². The lowest BCUT2D eigenvalue weighted by Gasteiger charge is -1.78. The molecule has 0 aliphatic rings. The topological polar surface area (TPSA) is 49.8 Å². The molecule has 4 heteroatoms. The lowest BCUT2D eigenvalue weighted by molar-refractivity contribution is 1.51. The van der Waals surface area contributed by atoms with Gasteiger partial charge in [0.1, 0.15) is 18.9 Å². The summed E-state index contributed by atoms with van der Waals surface area (Å²) in [6.07, 6.45) is 0. The number of thiophene rings is 1. The molecule has 2 N–H and O–H groups in total. The van der Waals surface area contributed by atoms with Gasteiger partial charge in [-0.2, -0.15) is 5.26 Å². The number of hydrogen-bond donors (Lipinski definition) is 1. The van der Waals surface area contributed by atoms with Gasteiger partial charge in [0.15, 0.2) is 0 Å². The molecule has 0 aromatic carbocycles. The van der Waals surface area contributed by atoms with Gasteiger partial charge in [-0.25, -0.2) is 0 Å². The molecule has 0 aliphatic heterocycles. The van der Waals surface area contributed by atoms with Crippen LogP contribution in [0.1, 0.15) is 5.56 Å². The Bertz CT molecular complexity index is 260. The van der Waals surface area contributed by atoms with E-state index in [2.05, 4.69) is 0 Å². The van der Waals surface area contributed by atoms with Crippen LogP contribution in [0.15, 0.2) is 6.07 Å². The summed E-state index contributed by atoms with van der Waals surface area (Å²) in [5.74, 6) is 0. The smallest absolute Gasteiger partial charge is 0.129 e. The molecule has 2 radical (unpaired) electrons. The lowest BCUT2D eigenvalue weighted by atomic mass is 10.1. The monoisotopic (exact) mass is 134 g/mol. The summed E-state index contributed by atoms with van der Waals surface area (Å²) in [4.78, 5) is 0. The maximum Gasteiger partial charge on any atom is 0.129 e. The lowest BCUT2D eigenvalue weighted by Crippen LogP contribution is -1.89. The Balaban J connectivity index is 3.20. The van der Waals surface area contributed by atoms with E-state index in [0.29, 0.717) is 15.3 Å². The van der Waals surface area contributed by atoms with Crippen LogP contribution < -0.4 is 10.5 Å². The zero-order valence-electron chi connectivity index (χ0n) is 4.59. The van der Waals surface area contributed by atoms with Crippen molar-refractivity contribution in [2.45, 2.75) is 0 Å². The van der Waals surface area contributed by atoms with Crippen molar-refractivity contribution in [3.05, 3.63) is 11.6 Å². The van der Waals surface area contributed by atoms with Gasteiger partial charge in [0.25, 0.3) is 0 Å². The number of nitriles is 1. The minimum atomic E-state index is 0.470. The fraction of sp³-hybridized carbons (Fsp3) is 0. The predicted molar refractivity (Wildman–Crippen MR) is 38.8 cm³/mol.